The third kappa shape index (κ3) is 1.12. The van der Waals surface area contributed by atoms with E-state index in [-0.39, 0.29) is 5.97 Å². The van der Waals surface area contributed by atoms with E-state index in [2.05, 4.69) is 4.98 Å². The fourth-order valence-corrected chi connectivity index (χ4v) is 1.67. The van der Waals surface area contributed by atoms with Gasteiger partial charge in [-0.2, -0.15) is 0 Å². The number of pyridine rings is 1. The van der Waals surface area contributed by atoms with Crippen molar-refractivity contribution in [2.75, 3.05) is 0 Å². The van der Waals surface area contributed by atoms with Crippen LogP contribution in [0.3, 0.4) is 0 Å². The molecular weight excluding hydrogens is 178 g/mol. The molecule has 0 saturated heterocycles. The van der Waals surface area contributed by atoms with Crippen LogP contribution in [0.1, 0.15) is 42.0 Å². The third-order valence-electron chi connectivity index (χ3n) is 2.75. The van der Waals surface area contributed by atoms with E-state index in [0.717, 1.165) is 17.8 Å². The molecule has 0 aromatic carbocycles. The number of hydrogen-bond acceptors (Lipinski definition) is 3. The maximum Gasteiger partial charge on any atom is 0.341 e. The molecule has 3 nitrogen and oxygen atoms in total. The first-order valence-corrected chi connectivity index (χ1v) is 4.78. The fraction of sp³-hybridized carbons (Fsp3) is 0.455. The SMILES string of the molecule is CC[C@]1(C)OC(=O)c2ccc(C)nc21. The maximum atomic E-state index is 11.5. The Kier molecular flexibility index (Phi) is 1.84. The normalized spacial score (nSPS) is 24.6. The molecule has 1 aromatic rings. The molecule has 0 saturated carbocycles. The lowest BCUT2D eigenvalue weighted by atomic mass is 9.97. The smallest absolute Gasteiger partial charge is 0.341 e. The topological polar surface area (TPSA) is 39.2 Å². The Balaban J connectivity index is 2.62. The molecule has 0 unspecified atom stereocenters. The van der Waals surface area contributed by atoms with Crippen molar-refractivity contribution in [2.24, 2.45) is 0 Å². The summed E-state index contributed by atoms with van der Waals surface area (Å²) in [4.78, 5) is 15.9. The van der Waals surface area contributed by atoms with Gasteiger partial charge in [-0.3, -0.25) is 4.98 Å². The molecule has 2 heterocycles. The first-order chi connectivity index (χ1) is 6.57. The van der Waals surface area contributed by atoms with Gasteiger partial charge in [-0.05, 0) is 32.4 Å². The zero-order valence-electron chi connectivity index (χ0n) is 8.63. The number of ether oxygens (including phenoxy) is 1. The van der Waals surface area contributed by atoms with E-state index in [1.807, 2.05) is 26.8 Å². The minimum Gasteiger partial charge on any atom is -0.449 e. The number of fused-ring (bicyclic) bond motifs is 1. The van der Waals surface area contributed by atoms with Crippen LogP contribution in [0.4, 0.5) is 0 Å². The number of esters is 1. The van der Waals surface area contributed by atoms with Gasteiger partial charge in [0.25, 0.3) is 0 Å². The average Bonchev–Trinajstić information content (AvgIpc) is 2.40. The molecule has 0 N–H and O–H groups in total. The second-order valence-corrected chi connectivity index (χ2v) is 3.82. The number of hydrogen-bond donors (Lipinski definition) is 0. The fourth-order valence-electron chi connectivity index (χ4n) is 1.67. The molecule has 0 fully saturated rings. The quantitative estimate of drug-likeness (QED) is 0.639. The van der Waals surface area contributed by atoms with Gasteiger partial charge in [0.15, 0.2) is 5.60 Å². The highest BCUT2D eigenvalue weighted by molar-refractivity contribution is 5.94. The van der Waals surface area contributed by atoms with Gasteiger partial charge < -0.3 is 4.74 Å². The van der Waals surface area contributed by atoms with E-state index in [4.69, 9.17) is 4.74 Å². The highest BCUT2D eigenvalue weighted by Crippen LogP contribution is 2.37. The maximum absolute atomic E-state index is 11.5. The van der Waals surface area contributed by atoms with Gasteiger partial charge in [0.2, 0.25) is 0 Å². The van der Waals surface area contributed by atoms with Crippen LogP contribution in [0, 0.1) is 6.92 Å². The Morgan fingerprint density at radius 3 is 2.86 bits per heavy atom. The Morgan fingerprint density at radius 1 is 1.50 bits per heavy atom. The summed E-state index contributed by atoms with van der Waals surface area (Å²) in [6.07, 6.45) is 0.752. The molecule has 0 spiro atoms. The number of carbonyl (C=O) groups excluding carboxylic acids is 1. The van der Waals surface area contributed by atoms with Crippen LogP contribution in [-0.4, -0.2) is 11.0 Å². The van der Waals surface area contributed by atoms with Crippen LogP contribution in [0.15, 0.2) is 12.1 Å². The van der Waals surface area contributed by atoms with Crippen molar-refractivity contribution in [3.05, 3.63) is 29.1 Å². The van der Waals surface area contributed by atoms with Crippen LogP contribution in [0.25, 0.3) is 0 Å². The summed E-state index contributed by atoms with van der Waals surface area (Å²) in [7, 11) is 0. The number of nitrogens with zero attached hydrogens (tertiary/aromatic N) is 1. The van der Waals surface area contributed by atoms with Gasteiger partial charge in [-0.1, -0.05) is 6.92 Å². The van der Waals surface area contributed by atoms with Crippen molar-refractivity contribution in [1.29, 1.82) is 0 Å². The van der Waals surface area contributed by atoms with Crippen LogP contribution < -0.4 is 0 Å². The number of carbonyl (C=O) groups is 1. The number of rotatable bonds is 1. The van der Waals surface area contributed by atoms with Crippen LogP contribution in [0.5, 0.6) is 0 Å². The number of aryl methyl sites for hydroxylation is 1. The molecule has 14 heavy (non-hydrogen) atoms. The predicted molar refractivity (Wildman–Crippen MR) is 52.0 cm³/mol. The van der Waals surface area contributed by atoms with Crippen molar-refractivity contribution in [1.82, 2.24) is 4.98 Å². The summed E-state index contributed by atoms with van der Waals surface area (Å²) in [5, 5.41) is 0. The van der Waals surface area contributed by atoms with E-state index in [1.165, 1.54) is 0 Å². The third-order valence-corrected chi connectivity index (χ3v) is 2.75. The molecule has 1 aliphatic rings. The van der Waals surface area contributed by atoms with Crippen LogP contribution in [0.2, 0.25) is 0 Å². The van der Waals surface area contributed by atoms with Crippen molar-refractivity contribution in [2.45, 2.75) is 32.8 Å². The van der Waals surface area contributed by atoms with Gasteiger partial charge in [-0.25, -0.2) is 4.79 Å². The molecule has 0 bridgehead atoms. The van der Waals surface area contributed by atoms with Crippen molar-refractivity contribution < 1.29 is 9.53 Å². The van der Waals surface area contributed by atoms with E-state index < -0.39 is 5.60 Å². The first-order valence-electron chi connectivity index (χ1n) is 4.78. The summed E-state index contributed by atoms with van der Waals surface area (Å²) in [6, 6.07) is 3.63. The standard InChI is InChI=1S/C11H13NO2/c1-4-11(3)9-8(10(13)14-11)6-5-7(2)12-9/h5-6H,4H2,1-3H3/t11-/m0/s1. The van der Waals surface area contributed by atoms with Gasteiger partial charge in [0.05, 0.1) is 11.3 Å². The zero-order valence-corrected chi connectivity index (χ0v) is 8.63. The molecule has 2 rings (SSSR count). The monoisotopic (exact) mass is 191 g/mol. The molecule has 1 atom stereocenters. The van der Waals surface area contributed by atoms with Crippen LogP contribution >= 0.6 is 0 Å². The lowest BCUT2D eigenvalue weighted by Crippen LogP contribution is -2.21. The summed E-state index contributed by atoms with van der Waals surface area (Å²) < 4.78 is 5.32. The van der Waals surface area contributed by atoms with Gasteiger partial charge in [-0.15, -0.1) is 0 Å². The Morgan fingerprint density at radius 2 is 2.21 bits per heavy atom. The molecule has 0 aliphatic carbocycles. The Labute approximate surface area is 83.1 Å². The summed E-state index contributed by atoms with van der Waals surface area (Å²) in [5.41, 5.74) is 1.78. The van der Waals surface area contributed by atoms with Crippen molar-refractivity contribution >= 4 is 5.97 Å². The minimum absolute atomic E-state index is 0.253. The number of aromatic nitrogens is 1. The summed E-state index contributed by atoms with van der Waals surface area (Å²) >= 11 is 0. The summed E-state index contributed by atoms with van der Waals surface area (Å²) in [5.74, 6) is -0.253. The highest BCUT2D eigenvalue weighted by atomic mass is 16.6. The minimum atomic E-state index is -0.529. The van der Waals surface area contributed by atoms with Gasteiger partial charge >= 0.3 is 5.97 Å². The largest absolute Gasteiger partial charge is 0.449 e. The summed E-state index contributed by atoms with van der Waals surface area (Å²) in [6.45, 7) is 5.81. The predicted octanol–water partition coefficient (Wildman–Crippen LogP) is 2.19. The average molecular weight is 191 g/mol. The Hall–Kier alpha value is -1.38. The van der Waals surface area contributed by atoms with Crippen LogP contribution in [-0.2, 0) is 10.3 Å². The second-order valence-electron chi connectivity index (χ2n) is 3.82. The lowest BCUT2D eigenvalue weighted by molar-refractivity contribution is -0.00227. The molecule has 1 aromatic heterocycles. The van der Waals surface area contributed by atoms with E-state index >= 15 is 0 Å². The molecule has 3 heteroatoms. The van der Waals surface area contributed by atoms with Crippen molar-refractivity contribution in [3.63, 3.8) is 0 Å². The van der Waals surface area contributed by atoms with Gasteiger partial charge in [0.1, 0.15) is 0 Å². The van der Waals surface area contributed by atoms with Gasteiger partial charge in [0, 0.05) is 5.69 Å². The first kappa shape index (κ1) is 9.19. The Bertz CT molecular complexity index is 400. The molecule has 74 valence electrons. The van der Waals surface area contributed by atoms with Crippen molar-refractivity contribution in [3.8, 4) is 0 Å². The van der Waals surface area contributed by atoms with E-state index in [1.54, 1.807) is 6.07 Å². The highest BCUT2D eigenvalue weighted by Gasteiger charge is 2.41. The van der Waals surface area contributed by atoms with E-state index in [0.29, 0.717) is 5.56 Å². The second kappa shape index (κ2) is 2.80. The molecule has 0 radical (unpaired) electrons. The lowest BCUT2D eigenvalue weighted by Gasteiger charge is -2.20. The molecular formula is C11H13NO2. The molecule has 1 aliphatic heterocycles. The number of cyclic esters (lactones) is 1. The zero-order chi connectivity index (χ0) is 10.3. The molecule has 0 amide bonds. The van der Waals surface area contributed by atoms with E-state index in [9.17, 15) is 4.79 Å².